The van der Waals surface area contributed by atoms with Crippen LogP contribution in [0.5, 0.6) is 5.75 Å². The monoisotopic (exact) mass is 333 g/mol. The second-order valence-corrected chi connectivity index (χ2v) is 5.72. The molecule has 2 aromatic rings. The van der Waals surface area contributed by atoms with Crippen molar-refractivity contribution in [1.82, 2.24) is 0 Å². The summed E-state index contributed by atoms with van der Waals surface area (Å²) in [5, 5.41) is 10.6. The van der Waals surface area contributed by atoms with E-state index >= 15 is 0 Å². The van der Waals surface area contributed by atoms with E-state index in [2.05, 4.69) is 0 Å². The fraction of sp³-hybridized carbons (Fsp3) is 0.278. The van der Waals surface area contributed by atoms with E-state index in [1.807, 2.05) is 37.3 Å². The number of carbonyl (C=O) groups is 1. The molecule has 0 fully saturated rings. The zero-order valence-electron chi connectivity index (χ0n) is 12.9. The number of ether oxygens (including phenoxy) is 1. The third-order valence-corrected chi connectivity index (χ3v) is 3.77. The van der Waals surface area contributed by atoms with Gasteiger partial charge in [0.15, 0.2) is 6.10 Å². The average molecular weight is 334 g/mol. The number of benzene rings is 2. The highest BCUT2D eigenvalue weighted by Gasteiger charge is 2.24. The summed E-state index contributed by atoms with van der Waals surface area (Å²) >= 11 is 6.09. The Balaban J connectivity index is 2.41. The molecule has 4 nitrogen and oxygen atoms in total. The molecule has 122 valence electrons. The van der Waals surface area contributed by atoms with Gasteiger partial charge >= 0.3 is 0 Å². The van der Waals surface area contributed by atoms with Crippen molar-refractivity contribution >= 4 is 17.5 Å². The molecular weight excluding hydrogens is 314 g/mol. The van der Waals surface area contributed by atoms with Crippen molar-refractivity contribution in [3.8, 4) is 5.75 Å². The van der Waals surface area contributed by atoms with Crippen molar-refractivity contribution in [2.45, 2.75) is 32.0 Å². The van der Waals surface area contributed by atoms with E-state index in [1.54, 1.807) is 18.2 Å². The number of hydrogen-bond acceptors (Lipinski definition) is 3. The third-order valence-electron chi connectivity index (χ3n) is 3.53. The highest BCUT2D eigenvalue weighted by Crippen LogP contribution is 2.33. The van der Waals surface area contributed by atoms with Gasteiger partial charge in [0, 0.05) is 10.6 Å². The van der Waals surface area contributed by atoms with E-state index in [9.17, 15) is 9.90 Å². The Morgan fingerprint density at radius 1 is 1.22 bits per heavy atom. The number of hydrogen-bond donors (Lipinski definition) is 2. The highest BCUT2D eigenvalue weighted by atomic mass is 35.5. The number of carbonyl (C=O) groups excluding carboxylic acids is 1. The number of amides is 1. The highest BCUT2D eigenvalue weighted by molar-refractivity contribution is 6.30. The van der Waals surface area contributed by atoms with E-state index in [1.165, 1.54) is 0 Å². The Labute approximate surface area is 140 Å². The van der Waals surface area contributed by atoms with Crippen LogP contribution in [0.4, 0.5) is 0 Å². The number of para-hydroxylation sites is 1. The van der Waals surface area contributed by atoms with E-state index < -0.39 is 12.0 Å². The fourth-order valence-electron chi connectivity index (χ4n) is 2.43. The number of nitrogens with two attached hydrogens (primary N) is 1. The van der Waals surface area contributed by atoms with Crippen LogP contribution in [-0.2, 0) is 4.79 Å². The molecule has 0 aliphatic rings. The second-order valence-electron chi connectivity index (χ2n) is 5.29. The molecule has 3 N–H and O–H groups in total. The molecule has 2 unspecified atom stereocenters. The molecule has 0 spiro atoms. The summed E-state index contributed by atoms with van der Waals surface area (Å²) in [6, 6.07) is 14.3. The molecule has 0 radical (unpaired) electrons. The van der Waals surface area contributed by atoms with Crippen LogP contribution in [0.1, 0.15) is 43.1 Å². The minimum atomic E-state index is -1.39. The van der Waals surface area contributed by atoms with Gasteiger partial charge in [-0.3, -0.25) is 4.79 Å². The Hall–Kier alpha value is -2.04. The Kier molecular flexibility index (Phi) is 6.02. The molecule has 2 atom stereocenters. The lowest BCUT2D eigenvalue weighted by Gasteiger charge is -2.23. The topological polar surface area (TPSA) is 72.6 Å². The van der Waals surface area contributed by atoms with Crippen molar-refractivity contribution < 1.29 is 14.6 Å². The Morgan fingerprint density at radius 3 is 2.52 bits per heavy atom. The first-order valence-corrected chi connectivity index (χ1v) is 7.89. The van der Waals surface area contributed by atoms with Crippen molar-refractivity contribution in [3.63, 3.8) is 0 Å². The van der Waals surface area contributed by atoms with Gasteiger partial charge in [0.25, 0.3) is 5.91 Å². The molecule has 0 saturated carbocycles. The van der Waals surface area contributed by atoms with Crippen LogP contribution in [0.15, 0.2) is 48.5 Å². The first-order valence-electron chi connectivity index (χ1n) is 7.51. The van der Waals surface area contributed by atoms with E-state index in [0.29, 0.717) is 28.3 Å². The van der Waals surface area contributed by atoms with Gasteiger partial charge < -0.3 is 15.6 Å². The minimum absolute atomic E-state index is 0.329. The standard InChI is InChI=1S/C18H20ClNO3/c1-2-6-16(23-13-7-4-3-5-8-13)15-11-12(19)9-10-14(15)17(21)18(20)22/h3-5,7-11,16-17,21H,2,6H2,1H3,(H2,20,22). The third kappa shape index (κ3) is 4.47. The summed E-state index contributed by atoms with van der Waals surface area (Å²) in [7, 11) is 0. The second kappa shape index (κ2) is 7.99. The lowest BCUT2D eigenvalue weighted by molar-refractivity contribution is -0.126. The van der Waals surface area contributed by atoms with E-state index in [0.717, 1.165) is 6.42 Å². The van der Waals surface area contributed by atoms with E-state index in [4.69, 9.17) is 22.1 Å². The Bertz CT molecular complexity index is 661. The van der Waals surface area contributed by atoms with Gasteiger partial charge in [-0.15, -0.1) is 0 Å². The number of aliphatic hydroxyl groups excluding tert-OH is 1. The van der Waals surface area contributed by atoms with Crippen LogP contribution in [0.3, 0.4) is 0 Å². The van der Waals surface area contributed by atoms with Gasteiger partial charge in [0.05, 0.1) is 0 Å². The SMILES string of the molecule is CCCC(Oc1ccccc1)c1cc(Cl)ccc1C(O)C(N)=O. The largest absolute Gasteiger partial charge is 0.486 e. The van der Waals surface area contributed by atoms with Crippen molar-refractivity contribution in [3.05, 3.63) is 64.7 Å². The summed E-state index contributed by atoms with van der Waals surface area (Å²) in [5.74, 6) is -0.0889. The minimum Gasteiger partial charge on any atom is -0.486 e. The first-order chi connectivity index (χ1) is 11.0. The van der Waals surface area contributed by atoms with Gasteiger partial charge in [-0.2, -0.15) is 0 Å². The maximum Gasteiger partial charge on any atom is 0.250 e. The fourth-order valence-corrected chi connectivity index (χ4v) is 2.61. The molecule has 23 heavy (non-hydrogen) atoms. The average Bonchev–Trinajstić information content (AvgIpc) is 2.54. The van der Waals surface area contributed by atoms with Crippen molar-refractivity contribution in [1.29, 1.82) is 0 Å². The van der Waals surface area contributed by atoms with Crippen LogP contribution in [0, 0.1) is 0 Å². The Morgan fingerprint density at radius 2 is 1.91 bits per heavy atom. The molecule has 5 heteroatoms. The quantitative estimate of drug-likeness (QED) is 0.810. The molecule has 0 saturated heterocycles. The molecule has 0 bridgehead atoms. The van der Waals surface area contributed by atoms with Gasteiger partial charge in [0.2, 0.25) is 0 Å². The molecule has 2 rings (SSSR count). The predicted molar refractivity (Wildman–Crippen MR) is 90.3 cm³/mol. The molecule has 0 aromatic heterocycles. The smallest absolute Gasteiger partial charge is 0.250 e. The maximum absolute atomic E-state index is 11.4. The number of aliphatic hydroxyl groups is 1. The molecule has 0 heterocycles. The van der Waals surface area contributed by atoms with Crippen LogP contribution in [-0.4, -0.2) is 11.0 Å². The molecular formula is C18H20ClNO3. The van der Waals surface area contributed by atoms with Gasteiger partial charge in [-0.05, 0) is 36.2 Å². The van der Waals surface area contributed by atoms with Crippen molar-refractivity contribution in [2.24, 2.45) is 5.73 Å². The molecule has 2 aromatic carbocycles. The van der Waals surface area contributed by atoms with Crippen LogP contribution < -0.4 is 10.5 Å². The summed E-state index contributed by atoms with van der Waals surface area (Å²) in [6.07, 6.45) is -0.129. The predicted octanol–water partition coefficient (Wildman–Crippen LogP) is 3.78. The summed E-state index contributed by atoms with van der Waals surface area (Å²) in [6.45, 7) is 2.04. The van der Waals surface area contributed by atoms with Crippen molar-refractivity contribution in [2.75, 3.05) is 0 Å². The number of halogens is 1. The molecule has 0 aliphatic heterocycles. The maximum atomic E-state index is 11.4. The molecule has 1 amide bonds. The molecule has 0 aliphatic carbocycles. The zero-order valence-corrected chi connectivity index (χ0v) is 13.7. The number of primary amides is 1. The van der Waals surface area contributed by atoms with Crippen LogP contribution in [0.25, 0.3) is 0 Å². The summed E-state index contributed by atoms with van der Waals surface area (Å²) in [4.78, 5) is 11.4. The van der Waals surface area contributed by atoms with Crippen LogP contribution in [0.2, 0.25) is 5.02 Å². The summed E-state index contributed by atoms with van der Waals surface area (Å²) < 4.78 is 6.04. The van der Waals surface area contributed by atoms with Crippen LogP contribution >= 0.6 is 11.6 Å². The lowest BCUT2D eigenvalue weighted by atomic mass is 9.95. The lowest BCUT2D eigenvalue weighted by Crippen LogP contribution is -2.23. The zero-order chi connectivity index (χ0) is 16.8. The number of rotatable bonds is 7. The van der Waals surface area contributed by atoms with Gasteiger partial charge in [-0.1, -0.05) is 49.2 Å². The van der Waals surface area contributed by atoms with Gasteiger partial charge in [0.1, 0.15) is 11.9 Å². The van der Waals surface area contributed by atoms with E-state index in [-0.39, 0.29) is 6.10 Å². The van der Waals surface area contributed by atoms with Gasteiger partial charge in [-0.25, -0.2) is 0 Å². The summed E-state index contributed by atoms with van der Waals surface area (Å²) in [5.41, 5.74) is 6.34. The first kappa shape index (κ1) is 17.3. The normalized spacial score (nSPS) is 13.3.